The molecule has 0 aliphatic carbocycles. The lowest BCUT2D eigenvalue weighted by molar-refractivity contribution is -0.118. The van der Waals surface area contributed by atoms with Crippen LogP contribution in [0.4, 0.5) is 0 Å². The Labute approximate surface area is 187 Å². The number of aliphatic hydroxyl groups is 5. The van der Waals surface area contributed by atoms with Gasteiger partial charge in [0, 0.05) is 16.7 Å². The molecule has 0 bridgehead atoms. The number of nitrogens with zero attached hydrogens (tertiary/aromatic N) is 1. The Morgan fingerprint density at radius 2 is 1.52 bits per heavy atom. The topological polar surface area (TPSA) is 114 Å². The van der Waals surface area contributed by atoms with Gasteiger partial charge in [-0.25, -0.2) is 0 Å². The normalized spacial score (nSPS) is 16.6. The highest BCUT2D eigenvalue weighted by molar-refractivity contribution is 14.1. The van der Waals surface area contributed by atoms with Gasteiger partial charge >= 0.3 is 0 Å². The summed E-state index contributed by atoms with van der Waals surface area (Å²) >= 11 is 6.69. The van der Waals surface area contributed by atoms with E-state index in [4.69, 9.17) is 9.84 Å². The molecule has 1 rings (SSSR count). The third kappa shape index (κ3) is 7.85. The average molecular weight is 693 g/mol. The lowest BCUT2D eigenvalue weighted by Gasteiger charge is -2.28. The minimum Gasteiger partial charge on any atom is -0.490 e. The quantitative estimate of drug-likeness (QED) is 0.224. The van der Waals surface area contributed by atoms with Gasteiger partial charge in [0.15, 0.2) is 0 Å². The van der Waals surface area contributed by atoms with Gasteiger partial charge in [-0.3, -0.25) is 0 Å². The number of likely N-dealkylation sites (N-methyl/N-ethyl adjacent to an activating group) is 1. The van der Waals surface area contributed by atoms with E-state index < -0.39 is 31.0 Å². The molecule has 0 radical (unpaired) electrons. The molecule has 5 N–H and O–H groups in total. The van der Waals surface area contributed by atoms with Crippen LogP contribution in [0.3, 0.4) is 0 Å². The second-order valence-corrected chi connectivity index (χ2v) is 9.18. The maximum absolute atomic E-state index is 9.95. The third-order valence-electron chi connectivity index (χ3n) is 3.51. The van der Waals surface area contributed by atoms with Gasteiger partial charge in [0.05, 0.1) is 19.9 Å². The minimum absolute atomic E-state index is 0.0839. The molecule has 1 aromatic rings. The molecule has 0 amide bonds. The molecular weight excluding hydrogens is 671 g/mol. The standard InChI is InChI=1S/C15H22I3NO6/c1-19(6-11(21)13(23)14(24)12(22)7-20)2-3-25-15-9(17)4-8(16)5-10(15)18/h4-5,11-14,20-24H,2-3,6-7H2,1H3. The van der Waals surface area contributed by atoms with Gasteiger partial charge in [-0.15, -0.1) is 0 Å². The summed E-state index contributed by atoms with van der Waals surface area (Å²) in [4.78, 5) is 1.75. The fraction of sp³-hybridized carbons (Fsp3) is 0.600. The predicted octanol–water partition coefficient (Wildman–Crippen LogP) is 0.247. The molecule has 7 nitrogen and oxygen atoms in total. The van der Waals surface area contributed by atoms with Gasteiger partial charge in [-0.05, 0) is 87.0 Å². The third-order valence-corrected chi connectivity index (χ3v) is 5.73. The van der Waals surface area contributed by atoms with Gasteiger partial charge < -0.3 is 35.2 Å². The second-order valence-electron chi connectivity index (χ2n) is 5.61. The number of rotatable bonds is 10. The number of hydrogen-bond acceptors (Lipinski definition) is 7. The summed E-state index contributed by atoms with van der Waals surface area (Å²) in [7, 11) is 1.75. The van der Waals surface area contributed by atoms with Crippen LogP contribution >= 0.6 is 67.8 Å². The monoisotopic (exact) mass is 693 g/mol. The molecule has 10 heteroatoms. The molecule has 0 heterocycles. The van der Waals surface area contributed by atoms with Gasteiger partial charge in [0.1, 0.15) is 30.7 Å². The highest BCUT2D eigenvalue weighted by Crippen LogP contribution is 2.29. The zero-order chi connectivity index (χ0) is 19.1. The highest BCUT2D eigenvalue weighted by atomic mass is 127. The van der Waals surface area contributed by atoms with Crippen LogP contribution in [0.25, 0.3) is 0 Å². The predicted molar refractivity (Wildman–Crippen MR) is 119 cm³/mol. The Bertz CT molecular complexity index is 527. The SMILES string of the molecule is CN(CCOc1c(I)cc(I)cc1I)CC(O)C(O)C(O)C(O)CO. The van der Waals surface area contributed by atoms with Crippen LogP contribution in [0, 0.1) is 10.7 Å². The maximum Gasteiger partial charge on any atom is 0.146 e. The number of ether oxygens (including phenoxy) is 1. The zero-order valence-electron chi connectivity index (χ0n) is 13.5. The van der Waals surface area contributed by atoms with Crippen molar-refractivity contribution in [3.63, 3.8) is 0 Å². The summed E-state index contributed by atoms with van der Waals surface area (Å²) in [5.41, 5.74) is 0. The molecule has 0 fully saturated rings. The lowest BCUT2D eigenvalue weighted by atomic mass is 10.0. The number of benzene rings is 1. The van der Waals surface area contributed by atoms with E-state index >= 15 is 0 Å². The van der Waals surface area contributed by atoms with E-state index in [0.29, 0.717) is 13.2 Å². The molecule has 0 aliphatic rings. The van der Waals surface area contributed by atoms with E-state index in [-0.39, 0.29) is 6.54 Å². The van der Waals surface area contributed by atoms with Crippen LogP contribution < -0.4 is 4.74 Å². The van der Waals surface area contributed by atoms with Crippen molar-refractivity contribution in [2.45, 2.75) is 24.4 Å². The van der Waals surface area contributed by atoms with Crippen molar-refractivity contribution in [2.75, 3.05) is 33.4 Å². The Morgan fingerprint density at radius 3 is 2.04 bits per heavy atom. The maximum atomic E-state index is 9.95. The average Bonchev–Trinajstić information content (AvgIpc) is 2.54. The smallest absolute Gasteiger partial charge is 0.146 e. The lowest BCUT2D eigenvalue weighted by Crippen LogP contribution is -2.49. The second kappa shape index (κ2) is 11.7. The first-order chi connectivity index (χ1) is 11.7. The van der Waals surface area contributed by atoms with Gasteiger partial charge in [0.2, 0.25) is 0 Å². The van der Waals surface area contributed by atoms with E-state index in [9.17, 15) is 20.4 Å². The first-order valence-electron chi connectivity index (χ1n) is 7.46. The van der Waals surface area contributed by atoms with Crippen molar-refractivity contribution in [3.8, 4) is 5.75 Å². The van der Waals surface area contributed by atoms with Crippen molar-refractivity contribution >= 4 is 67.8 Å². The van der Waals surface area contributed by atoms with Crippen LogP contribution in [0.5, 0.6) is 5.75 Å². The number of hydrogen-bond donors (Lipinski definition) is 5. The zero-order valence-corrected chi connectivity index (χ0v) is 20.0. The van der Waals surface area contributed by atoms with E-state index in [0.717, 1.165) is 16.5 Å². The summed E-state index contributed by atoms with van der Waals surface area (Å²) in [5.74, 6) is 0.817. The fourth-order valence-electron chi connectivity index (χ4n) is 2.05. The summed E-state index contributed by atoms with van der Waals surface area (Å²) in [5, 5.41) is 47.5. The molecule has 25 heavy (non-hydrogen) atoms. The molecule has 4 atom stereocenters. The molecule has 0 aromatic heterocycles. The Hall–Kier alpha value is 0.970. The molecule has 0 spiro atoms. The number of halogens is 3. The van der Waals surface area contributed by atoms with Crippen LogP contribution in [-0.2, 0) is 0 Å². The molecule has 1 aromatic carbocycles. The van der Waals surface area contributed by atoms with Crippen LogP contribution in [0.15, 0.2) is 12.1 Å². The Kier molecular flexibility index (Phi) is 11.3. The van der Waals surface area contributed by atoms with Crippen molar-refractivity contribution in [1.29, 1.82) is 0 Å². The van der Waals surface area contributed by atoms with Crippen molar-refractivity contribution < 1.29 is 30.3 Å². The van der Waals surface area contributed by atoms with Gasteiger partial charge in [-0.2, -0.15) is 0 Å². The largest absolute Gasteiger partial charge is 0.490 e. The van der Waals surface area contributed by atoms with Crippen LogP contribution in [-0.4, -0.2) is 88.2 Å². The fourth-order valence-corrected chi connectivity index (χ4v) is 5.95. The van der Waals surface area contributed by atoms with Crippen molar-refractivity contribution in [2.24, 2.45) is 0 Å². The van der Waals surface area contributed by atoms with Crippen LogP contribution in [0.2, 0.25) is 0 Å². The van der Waals surface area contributed by atoms with E-state index in [1.54, 1.807) is 11.9 Å². The molecule has 0 aliphatic heterocycles. The molecule has 0 saturated carbocycles. The summed E-state index contributed by atoms with van der Waals surface area (Å²) < 4.78 is 8.99. The van der Waals surface area contributed by atoms with Crippen molar-refractivity contribution in [3.05, 3.63) is 22.8 Å². The molecule has 0 saturated heterocycles. The first-order valence-corrected chi connectivity index (χ1v) is 10.7. The molecule has 4 unspecified atom stereocenters. The van der Waals surface area contributed by atoms with E-state index in [2.05, 4.69) is 67.8 Å². The van der Waals surface area contributed by atoms with Gasteiger partial charge in [0.25, 0.3) is 0 Å². The summed E-state index contributed by atoms with van der Waals surface area (Å²) in [6.45, 7) is 0.289. The number of aliphatic hydroxyl groups excluding tert-OH is 5. The Balaban J connectivity index is 2.46. The Morgan fingerprint density at radius 1 is 1.00 bits per heavy atom. The highest BCUT2D eigenvalue weighted by Gasteiger charge is 2.30. The molecular formula is C15H22I3NO6. The van der Waals surface area contributed by atoms with Crippen LogP contribution in [0.1, 0.15) is 0 Å². The molecule has 144 valence electrons. The van der Waals surface area contributed by atoms with E-state index in [1.807, 2.05) is 12.1 Å². The summed E-state index contributed by atoms with van der Waals surface area (Å²) in [6, 6.07) is 4.05. The minimum atomic E-state index is -1.61. The van der Waals surface area contributed by atoms with E-state index in [1.165, 1.54) is 0 Å². The van der Waals surface area contributed by atoms with Gasteiger partial charge in [-0.1, -0.05) is 0 Å². The summed E-state index contributed by atoms with van der Waals surface area (Å²) in [6.07, 6.45) is -5.92. The first kappa shape index (κ1) is 24.0. The van der Waals surface area contributed by atoms with Crippen molar-refractivity contribution in [1.82, 2.24) is 4.90 Å².